The van der Waals surface area contributed by atoms with Gasteiger partial charge in [0.05, 0.1) is 0 Å². The SMILES string of the molecule is CCSCCC(C)NCCCN. The second-order valence-corrected chi connectivity index (χ2v) is 4.38. The second kappa shape index (κ2) is 9.36. The molecule has 0 aromatic carbocycles. The van der Waals surface area contributed by atoms with Crippen molar-refractivity contribution in [2.45, 2.75) is 32.7 Å². The van der Waals surface area contributed by atoms with Crippen molar-refractivity contribution in [2.75, 3.05) is 24.6 Å². The molecule has 12 heavy (non-hydrogen) atoms. The summed E-state index contributed by atoms with van der Waals surface area (Å²) in [5.74, 6) is 2.50. The normalized spacial score (nSPS) is 13.2. The Bertz CT molecular complexity index is 78.6. The van der Waals surface area contributed by atoms with Crippen molar-refractivity contribution in [3.63, 3.8) is 0 Å². The first kappa shape index (κ1) is 12.3. The molecule has 0 radical (unpaired) electrons. The van der Waals surface area contributed by atoms with E-state index in [0.29, 0.717) is 6.04 Å². The number of hydrogen-bond acceptors (Lipinski definition) is 3. The highest BCUT2D eigenvalue weighted by molar-refractivity contribution is 7.99. The van der Waals surface area contributed by atoms with Crippen LogP contribution >= 0.6 is 11.8 Å². The van der Waals surface area contributed by atoms with Gasteiger partial charge >= 0.3 is 0 Å². The predicted molar refractivity (Wildman–Crippen MR) is 58.8 cm³/mol. The molecule has 1 unspecified atom stereocenters. The molecule has 0 aromatic heterocycles. The maximum Gasteiger partial charge on any atom is 0.00465 e. The first-order chi connectivity index (χ1) is 5.81. The van der Waals surface area contributed by atoms with E-state index < -0.39 is 0 Å². The highest BCUT2D eigenvalue weighted by Gasteiger charge is 1.98. The molecule has 0 heterocycles. The Morgan fingerprint density at radius 1 is 1.50 bits per heavy atom. The summed E-state index contributed by atoms with van der Waals surface area (Å²) in [6.07, 6.45) is 2.36. The molecule has 1 atom stereocenters. The number of thioether (sulfide) groups is 1. The average Bonchev–Trinajstić information content (AvgIpc) is 2.06. The molecular weight excluding hydrogens is 168 g/mol. The summed E-state index contributed by atoms with van der Waals surface area (Å²) in [6.45, 7) is 6.31. The van der Waals surface area contributed by atoms with Crippen LogP contribution in [0.3, 0.4) is 0 Å². The van der Waals surface area contributed by atoms with E-state index in [4.69, 9.17) is 5.73 Å². The van der Waals surface area contributed by atoms with Crippen LogP contribution in [0.2, 0.25) is 0 Å². The summed E-state index contributed by atoms with van der Waals surface area (Å²) >= 11 is 2.01. The molecule has 0 fully saturated rings. The van der Waals surface area contributed by atoms with E-state index in [1.165, 1.54) is 17.9 Å². The first-order valence-electron chi connectivity index (χ1n) is 4.82. The van der Waals surface area contributed by atoms with Crippen LogP contribution in [0.4, 0.5) is 0 Å². The van der Waals surface area contributed by atoms with Gasteiger partial charge in [-0.05, 0) is 44.4 Å². The van der Waals surface area contributed by atoms with Gasteiger partial charge in [-0.25, -0.2) is 0 Å². The second-order valence-electron chi connectivity index (χ2n) is 2.98. The zero-order chi connectivity index (χ0) is 9.23. The molecule has 2 nitrogen and oxygen atoms in total. The topological polar surface area (TPSA) is 38.0 Å². The standard InChI is InChI=1S/C9H22N2S/c1-3-12-8-5-9(2)11-7-4-6-10/h9,11H,3-8,10H2,1-2H3. The fourth-order valence-electron chi connectivity index (χ4n) is 0.957. The highest BCUT2D eigenvalue weighted by Crippen LogP contribution is 2.03. The molecular formula is C9H22N2S. The number of rotatable bonds is 8. The lowest BCUT2D eigenvalue weighted by molar-refractivity contribution is 0.530. The zero-order valence-corrected chi connectivity index (χ0v) is 9.12. The van der Waals surface area contributed by atoms with Crippen molar-refractivity contribution in [2.24, 2.45) is 5.73 Å². The summed E-state index contributed by atoms with van der Waals surface area (Å²) in [4.78, 5) is 0. The van der Waals surface area contributed by atoms with Gasteiger partial charge in [-0.15, -0.1) is 0 Å². The lowest BCUT2D eigenvalue weighted by atomic mass is 10.2. The Morgan fingerprint density at radius 3 is 2.83 bits per heavy atom. The van der Waals surface area contributed by atoms with Crippen LogP contribution in [-0.2, 0) is 0 Å². The van der Waals surface area contributed by atoms with Crippen LogP contribution in [0.15, 0.2) is 0 Å². The van der Waals surface area contributed by atoms with Gasteiger partial charge in [0.15, 0.2) is 0 Å². The summed E-state index contributed by atoms with van der Waals surface area (Å²) in [7, 11) is 0. The fraction of sp³-hybridized carbons (Fsp3) is 1.00. The zero-order valence-electron chi connectivity index (χ0n) is 8.31. The maximum atomic E-state index is 5.39. The minimum atomic E-state index is 0.649. The predicted octanol–water partition coefficient (Wildman–Crippen LogP) is 1.46. The summed E-state index contributed by atoms with van der Waals surface area (Å²) in [5.41, 5.74) is 5.39. The van der Waals surface area contributed by atoms with E-state index in [2.05, 4.69) is 19.2 Å². The van der Waals surface area contributed by atoms with Crippen molar-refractivity contribution in [3.05, 3.63) is 0 Å². The lowest BCUT2D eigenvalue weighted by Gasteiger charge is -2.12. The molecule has 3 heteroatoms. The molecule has 74 valence electrons. The third-order valence-electron chi connectivity index (χ3n) is 1.77. The molecule has 0 rings (SSSR count). The van der Waals surface area contributed by atoms with Gasteiger partial charge in [0.25, 0.3) is 0 Å². The van der Waals surface area contributed by atoms with Gasteiger partial charge in [-0.3, -0.25) is 0 Å². The molecule has 0 saturated heterocycles. The van der Waals surface area contributed by atoms with E-state index in [1.54, 1.807) is 0 Å². The Balaban J connectivity index is 3.04. The van der Waals surface area contributed by atoms with Crippen LogP contribution in [-0.4, -0.2) is 30.6 Å². The number of nitrogens with one attached hydrogen (secondary N) is 1. The van der Waals surface area contributed by atoms with Gasteiger partial charge in [-0.2, -0.15) is 11.8 Å². The lowest BCUT2D eigenvalue weighted by Crippen LogP contribution is -2.28. The molecule has 0 aromatic rings. The highest BCUT2D eigenvalue weighted by atomic mass is 32.2. The van der Waals surface area contributed by atoms with Gasteiger partial charge in [0, 0.05) is 6.04 Å². The maximum absolute atomic E-state index is 5.39. The van der Waals surface area contributed by atoms with Gasteiger partial charge in [-0.1, -0.05) is 6.92 Å². The van der Waals surface area contributed by atoms with Gasteiger partial charge in [0.2, 0.25) is 0 Å². The number of hydrogen-bond donors (Lipinski definition) is 2. The largest absolute Gasteiger partial charge is 0.330 e. The smallest absolute Gasteiger partial charge is 0.00465 e. The Hall–Kier alpha value is 0.270. The quantitative estimate of drug-likeness (QED) is 0.569. The van der Waals surface area contributed by atoms with Crippen molar-refractivity contribution < 1.29 is 0 Å². The van der Waals surface area contributed by atoms with E-state index in [0.717, 1.165) is 19.5 Å². The summed E-state index contributed by atoms with van der Waals surface area (Å²) in [6, 6.07) is 0.649. The van der Waals surface area contributed by atoms with Crippen molar-refractivity contribution in [1.82, 2.24) is 5.32 Å². The van der Waals surface area contributed by atoms with Crippen LogP contribution in [0.5, 0.6) is 0 Å². The van der Waals surface area contributed by atoms with E-state index in [1.807, 2.05) is 11.8 Å². The summed E-state index contributed by atoms with van der Waals surface area (Å²) < 4.78 is 0. The van der Waals surface area contributed by atoms with Crippen molar-refractivity contribution in [1.29, 1.82) is 0 Å². The third kappa shape index (κ3) is 8.37. The molecule has 0 aliphatic heterocycles. The average molecular weight is 190 g/mol. The summed E-state index contributed by atoms with van der Waals surface area (Å²) in [5, 5.41) is 3.45. The first-order valence-corrected chi connectivity index (χ1v) is 5.98. The van der Waals surface area contributed by atoms with Crippen LogP contribution in [0.1, 0.15) is 26.7 Å². The van der Waals surface area contributed by atoms with Crippen LogP contribution in [0, 0.1) is 0 Å². The van der Waals surface area contributed by atoms with Crippen molar-refractivity contribution >= 4 is 11.8 Å². The van der Waals surface area contributed by atoms with Crippen LogP contribution in [0.25, 0.3) is 0 Å². The molecule has 0 saturated carbocycles. The Morgan fingerprint density at radius 2 is 2.25 bits per heavy atom. The third-order valence-corrected chi connectivity index (χ3v) is 2.71. The molecule has 0 spiro atoms. The molecule has 0 aliphatic rings. The number of nitrogens with two attached hydrogens (primary N) is 1. The molecule has 0 aliphatic carbocycles. The van der Waals surface area contributed by atoms with Gasteiger partial charge < -0.3 is 11.1 Å². The molecule has 0 bridgehead atoms. The minimum absolute atomic E-state index is 0.649. The Kier molecular flexibility index (Phi) is 9.57. The van der Waals surface area contributed by atoms with Crippen molar-refractivity contribution in [3.8, 4) is 0 Å². The van der Waals surface area contributed by atoms with E-state index in [-0.39, 0.29) is 0 Å². The monoisotopic (exact) mass is 190 g/mol. The van der Waals surface area contributed by atoms with Crippen LogP contribution < -0.4 is 11.1 Å². The fourth-order valence-corrected chi connectivity index (χ4v) is 1.77. The van der Waals surface area contributed by atoms with E-state index in [9.17, 15) is 0 Å². The molecule has 3 N–H and O–H groups in total. The van der Waals surface area contributed by atoms with E-state index >= 15 is 0 Å². The van der Waals surface area contributed by atoms with Gasteiger partial charge in [0.1, 0.15) is 0 Å². The molecule has 0 amide bonds. The Labute approximate surface area is 80.7 Å². The minimum Gasteiger partial charge on any atom is -0.330 e.